The van der Waals surface area contributed by atoms with Gasteiger partial charge in [-0.15, -0.1) is 0 Å². The van der Waals surface area contributed by atoms with Gasteiger partial charge in [0.15, 0.2) is 0 Å². The molecule has 32 valence electrons. The third-order valence-corrected chi connectivity index (χ3v) is 0. The summed E-state index contributed by atoms with van der Waals surface area (Å²) in [6, 6.07) is 0. The summed E-state index contributed by atoms with van der Waals surface area (Å²) in [6.45, 7) is 0. The third-order valence-electron chi connectivity index (χ3n) is 0. The Bertz CT molecular complexity index is 30.6. The van der Waals surface area contributed by atoms with Gasteiger partial charge in [0.05, 0.1) is 7.18 Å². The lowest BCUT2D eigenvalue weighted by atomic mass is 11.9. The highest BCUT2D eigenvalue weighted by Crippen LogP contribution is 1.16. The fourth-order valence-corrected chi connectivity index (χ4v) is 0. The van der Waals surface area contributed by atoms with Crippen molar-refractivity contribution in [2.45, 2.75) is 0 Å². The lowest BCUT2D eigenvalue weighted by Crippen LogP contribution is -1.18. The SMILES string of the molecule is CF.O=S=O. The Morgan fingerprint density at radius 3 is 1.40 bits per heavy atom. The van der Waals surface area contributed by atoms with Crippen LogP contribution in [0.1, 0.15) is 0 Å². The molecule has 0 aromatic heterocycles. The summed E-state index contributed by atoms with van der Waals surface area (Å²) in [5.41, 5.74) is 0. The number of hydrogen-bond acceptors (Lipinski definition) is 2. The highest BCUT2D eigenvalue weighted by molar-refractivity contribution is 7.51. The fourth-order valence-electron chi connectivity index (χ4n) is 0. The summed E-state index contributed by atoms with van der Waals surface area (Å²) in [7, 11) is 0.500. The minimum Gasteiger partial charge on any atom is -0.255 e. The van der Waals surface area contributed by atoms with Crippen molar-refractivity contribution < 1.29 is 12.8 Å². The van der Waals surface area contributed by atoms with Crippen molar-refractivity contribution in [2.24, 2.45) is 0 Å². The lowest BCUT2D eigenvalue weighted by molar-refractivity contribution is 0.630. The molecule has 0 saturated heterocycles. The maximum Gasteiger partial charge on any atom is 0.335 e. The maximum absolute atomic E-state index is 9.50. The molecule has 0 rings (SSSR count). The van der Waals surface area contributed by atoms with Gasteiger partial charge in [-0.1, -0.05) is 0 Å². The average Bonchev–Trinajstić information content (AvgIpc) is 1.46. The first-order chi connectivity index (χ1) is 2.41. The molecular formula is CH3FO2S. The van der Waals surface area contributed by atoms with E-state index < -0.39 is 11.6 Å². The molecule has 0 aliphatic carbocycles. The molecule has 0 unspecified atom stereocenters. The van der Waals surface area contributed by atoms with Gasteiger partial charge in [0.1, 0.15) is 0 Å². The van der Waals surface area contributed by atoms with Gasteiger partial charge in [-0.2, -0.15) is 8.42 Å². The molecule has 4 heteroatoms. The molecule has 0 bridgehead atoms. The summed E-state index contributed by atoms with van der Waals surface area (Å²) >= 11 is -0.750. The molecule has 5 heavy (non-hydrogen) atoms. The van der Waals surface area contributed by atoms with Crippen molar-refractivity contribution >= 4 is 11.6 Å². The van der Waals surface area contributed by atoms with Crippen molar-refractivity contribution in [3.05, 3.63) is 0 Å². The summed E-state index contributed by atoms with van der Waals surface area (Å²) in [5, 5.41) is 0. The van der Waals surface area contributed by atoms with E-state index in [4.69, 9.17) is 8.42 Å². The average molecular weight is 98.1 g/mol. The molecule has 0 aliphatic heterocycles. The predicted molar refractivity (Wildman–Crippen MR) is 16.0 cm³/mol. The molecule has 0 heterocycles. The van der Waals surface area contributed by atoms with Gasteiger partial charge < -0.3 is 0 Å². The standard InChI is InChI=1S/CH3F.O2S/c1-2;1-3-2/h1H3;. The number of halogens is 1. The van der Waals surface area contributed by atoms with Crippen molar-refractivity contribution in [1.82, 2.24) is 0 Å². The molecule has 0 saturated carbocycles. The fraction of sp³-hybridized carbons (Fsp3) is 1.00. The molecule has 0 fully saturated rings. The highest BCUT2D eigenvalue weighted by Gasteiger charge is 1.12. The molecule has 0 radical (unpaired) electrons. The third kappa shape index (κ3) is 184. The Balaban J connectivity index is 0. The minimum atomic E-state index is -0.750. The van der Waals surface area contributed by atoms with E-state index >= 15 is 0 Å². The van der Waals surface area contributed by atoms with Gasteiger partial charge in [-0.3, -0.25) is 4.39 Å². The Kier molecular flexibility index (Phi) is 89.1. The molecule has 2 nitrogen and oxygen atoms in total. The van der Waals surface area contributed by atoms with E-state index in [0.29, 0.717) is 7.18 Å². The van der Waals surface area contributed by atoms with E-state index in [1.807, 2.05) is 0 Å². The van der Waals surface area contributed by atoms with Crippen LogP contribution in [-0.2, 0) is 11.6 Å². The summed E-state index contributed by atoms with van der Waals surface area (Å²) in [4.78, 5) is 0. The number of rotatable bonds is 0. The second-order valence-corrected chi connectivity index (χ2v) is 0.204. The van der Waals surface area contributed by atoms with Crippen LogP contribution >= 0.6 is 0 Å². The van der Waals surface area contributed by atoms with Gasteiger partial charge in [0, 0.05) is 0 Å². The molecule has 0 aromatic carbocycles. The van der Waals surface area contributed by atoms with E-state index in [1.165, 1.54) is 0 Å². The molecule has 0 atom stereocenters. The largest absolute Gasteiger partial charge is 0.335 e. The van der Waals surface area contributed by atoms with E-state index in [1.54, 1.807) is 0 Å². The number of hydrogen-bond donors (Lipinski definition) is 0. The van der Waals surface area contributed by atoms with E-state index in [9.17, 15) is 4.39 Å². The quantitative estimate of drug-likeness (QED) is 0.424. The van der Waals surface area contributed by atoms with Crippen LogP contribution < -0.4 is 0 Å². The van der Waals surface area contributed by atoms with Crippen LogP contribution in [0.15, 0.2) is 0 Å². The Labute approximate surface area is 32.6 Å². The zero-order chi connectivity index (χ0) is 4.71. The molecule has 0 aliphatic rings. The normalized spacial score (nSPS) is 3.60. The first-order valence-corrected chi connectivity index (χ1v) is 1.38. The monoisotopic (exact) mass is 98.0 g/mol. The smallest absolute Gasteiger partial charge is 0.255 e. The zero-order valence-electron chi connectivity index (χ0n) is 2.60. The van der Waals surface area contributed by atoms with Crippen LogP contribution in [0.5, 0.6) is 0 Å². The Morgan fingerprint density at radius 1 is 1.40 bits per heavy atom. The minimum absolute atomic E-state index is 0.500. The molecule has 0 amide bonds. The molecular weight excluding hydrogens is 95.1 g/mol. The number of alkyl halides is 1. The van der Waals surface area contributed by atoms with Crippen LogP contribution in [0.4, 0.5) is 4.39 Å². The molecule has 0 aromatic rings. The topological polar surface area (TPSA) is 34.1 Å². The van der Waals surface area contributed by atoms with Gasteiger partial charge in [0.2, 0.25) is 0 Å². The maximum atomic E-state index is 9.50. The van der Waals surface area contributed by atoms with Crippen molar-refractivity contribution in [2.75, 3.05) is 7.18 Å². The van der Waals surface area contributed by atoms with E-state index in [0.717, 1.165) is 0 Å². The second kappa shape index (κ2) is 50.4. The lowest BCUT2D eigenvalue weighted by Gasteiger charge is -1.10. The van der Waals surface area contributed by atoms with Crippen LogP contribution in [0.25, 0.3) is 0 Å². The first-order valence-electron chi connectivity index (χ1n) is 0.711. The van der Waals surface area contributed by atoms with Crippen LogP contribution in [0, 0.1) is 0 Å². The summed E-state index contributed by atoms with van der Waals surface area (Å²) in [5.74, 6) is 0. The Hall–Kier alpha value is -0.250. The Morgan fingerprint density at radius 2 is 1.40 bits per heavy atom. The van der Waals surface area contributed by atoms with Crippen molar-refractivity contribution in [1.29, 1.82) is 0 Å². The summed E-state index contributed by atoms with van der Waals surface area (Å²) in [6.07, 6.45) is 0. The molecule has 0 N–H and O–H groups in total. The van der Waals surface area contributed by atoms with E-state index in [2.05, 4.69) is 0 Å². The zero-order valence-corrected chi connectivity index (χ0v) is 3.42. The van der Waals surface area contributed by atoms with Gasteiger partial charge in [-0.05, 0) is 0 Å². The molecule has 0 spiro atoms. The second-order valence-electron chi connectivity index (χ2n) is 0.0680. The summed E-state index contributed by atoms with van der Waals surface area (Å²) < 4.78 is 26.1. The van der Waals surface area contributed by atoms with Gasteiger partial charge in [-0.25, -0.2) is 0 Å². The van der Waals surface area contributed by atoms with Crippen LogP contribution in [0.2, 0.25) is 0 Å². The predicted octanol–water partition coefficient (Wildman–Crippen LogP) is -0.0845. The van der Waals surface area contributed by atoms with Crippen molar-refractivity contribution in [3.63, 3.8) is 0 Å². The van der Waals surface area contributed by atoms with Crippen molar-refractivity contribution in [3.8, 4) is 0 Å². The van der Waals surface area contributed by atoms with Gasteiger partial charge in [0.25, 0.3) is 0 Å². The van der Waals surface area contributed by atoms with Gasteiger partial charge >= 0.3 is 11.6 Å². The highest BCUT2D eigenvalue weighted by atomic mass is 32.1. The van der Waals surface area contributed by atoms with Crippen LogP contribution in [0.3, 0.4) is 0 Å². The van der Waals surface area contributed by atoms with Crippen LogP contribution in [-0.4, -0.2) is 15.6 Å². The first kappa shape index (κ1) is 8.83. The van der Waals surface area contributed by atoms with E-state index in [-0.39, 0.29) is 0 Å².